The molecule has 0 saturated heterocycles. The highest BCUT2D eigenvalue weighted by Crippen LogP contribution is 2.16. The summed E-state index contributed by atoms with van der Waals surface area (Å²) in [5.74, 6) is 0.700. The van der Waals surface area contributed by atoms with Crippen molar-refractivity contribution in [2.75, 3.05) is 0 Å². The Morgan fingerprint density at radius 2 is 2.33 bits per heavy atom. The first-order valence-electron chi connectivity index (χ1n) is 7.27. The molecule has 0 radical (unpaired) electrons. The fourth-order valence-electron chi connectivity index (χ4n) is 2.30. The SMILES string of the molecule is CCC[C@@H](C#N)NC(=O)CCc1nc2c(C)cccc2[nH]1. The molecule has 0 saturated carbocycles. The summed E-state index contributed by atoms with van der Waals surface area (Å²) < 4.78 is 0. The Bertz CT molecular complexity index is 668. The number of aromatic amines is 1. The molecule has 110 valence electrons. The molecule has 0 aliphatic heterocycles. The second-order valence-corrected chi connectivity index (χ2v) is 5.19. The van der Waals surface area contributed by atoms with E-state index in [9.17, 15) is 4.79 Å². The van der Waals surface area contributed by atoms with Crippen molar-refractivity contribution in [3.05, 3.63) is 29.6 Å². The first-order valence-corrected chi connectivity index (χ1v) is 7.27. The number of nitriles is 1. The van der Waals surface area contributed by atoms with Gasteiger partial charge in [0, 0.05) is 12.8 Å². The van der Waals surface area contributed by atoms with Crippen molar-refractivity contribution in [2.24, 2.45) is 0 Å². The van der Waals surface area contributed by atoms with Crippen LogP contribution in [-0.4, -0.2) is 21.9 Å². The standard InChI is InChI=1S/C16H20N4O/c1-3-5-12(10-17)18-15(21)9-8-14-19-13-7-4-6-11(2)16(13)20-14/h4,6-7,12H,3,5,8-9H2,1-2H3,(H,18,21)(H,19,20)/t12-/m0/s1. The number of nitrogens with one attached hydrogen (secondary N) is 2. The third-order valence-electron chi connectivity index (χ3n) is 3.42. The zero-order chi connectivity index (χ0) is 15.2. The van der Waals surface area contributed by atoms with E-state index in [1.807, 2.05) is 32.0 Å². The van der Waals surface area contributed by atoms with Crippen molar-refractivity contribution in [3.8, 4) is 6.07 Å². The van der Waals surface area contributed by atoms with E-state index in [2.05, 4.69) is 21.4 Å². The summed E-state index contributed by atoms with van der Waals surface area (Å²) in [7, 11) is 0. The number of para-hydroxylation sites is 1. The van der Waals surface area contributed by atoms with Gasteiger partial charge in [0.2, 0.25) is 5.91 Å². The number of carbonyl (C=O) groups excluding carboxylic acids is 1. The number of fused-ring (bicyclic) bond motifs is 1. The number of aryl methyl sites for hydroxylation is 2. The largest absolute Gasteiger partial charge is 0.342 e. The highest BCUT2D eigenvalue weighted by atomic mass is 16.1. The predicted octanol–water partition coefficient (Wildman–Crippen LogP) is 2.61. The van der Waals surface area contributed by atoms with Gasteiger partial charge >= 0.3 is 0 Å². The van der Waals surface area contributed by atoms with Crippen LogP contribution < -0.4 is 5.32 Å². The second kappa shape index (κ2) is 6.89. The van der Waals surface area contributed by atoms with Crippen molar-refractivity contribution < 1.29 is 4.79 Å². The average Bonchev–Trinajstić information content (AvgIpc) is 2.89. The topological polar surface area (TPSA) is 81.6 Å². The summed E-state index contributed by atoms with van der Waals surface area (Å²) in [5.41, 5.74) is 3.06. The Morgan fingerprint density at radius 1 is 1.52 bits per heavy atom. The molecule has 1 amide bonds. The Labute approximate surface area is 124 Å². The number of hydrogen-bond acceptors (Lipinski definition) is 3. The Morgan fingerprint density at radius 3 is 3.00 bits per heavy atom. The van der Waals surface area contributed by atoms with Crippen LogP contribution in [0.25, 0.3) is 11.0 Å². The van der Waals surface area contributed by atoms with Gasteiger partial charge in [0.15, 0.2) is 0 Å². The summed E-state index contributed by atoms with van der Waals surface area (Å²) in [6.45, 7) is 4.01. The normalized spacial score (nSPS) is 12.0. The highest BCUT2D eigenvalue weighted by molar-refractivity contribution is 5.79. The van der Waals surface area contributed by atoms with Crippen LogP contribution in [0.5, 0.6) is 0 Å². The van der Waals surface area contributed by atoms with E-state index in [0.29, 0.717) is 19.3 Å². The minimum atomic E-state index is -0.389. The number of imidazole rings is 1. The van der Waals surface area contributed by atoms with Crippen LogP contribution in [0.1, 0.15) is 37.6 Å². The molecular weight excluding hydrogens is 264 g/mol. The Kier molecular flexibility index (Phi) is 4.94. The number of H-pyrrole nitrogens is 1. The smallest absolute Gasteiger partial charge is 0.221 e. The highest BCUT2D eigenvalue weighted by Gasteiger charge is 2.11. The van der Waals surface area contributed by atoms with Gasteiger partial charge in [-0.2, -0.15) is 5.26 Å². The van der Waals surface area contributed by atoms with E-state index in [1.54, 1.807) is 0 Å². The van der Waals surface area contributed by atoms with Gasteiger partial charge in [0.25, 0.3) is 0 Å². The summed E-state index contributed by atoms with van der Waals surface area (Å²) >= 11 is 0. The molecule has 2 aromatic rings. The number of aromatic nitrogens is 2. The molecule has 2 rings (SSSR count). The number of nitrogens with zero attached hydrogens (tertiary/aromatic N) is 2. The van der Waals surface area contributed by atoms with Gasteiger partial charge in [-0.15, -0.1) is 0 Å². The van der Waals surface area contributed by atoms with Crippen LogP contribution in [-0.2, 0) is 11.2 Å². The number of hydrogen-bond donors (Lipinski definition) is 2. The van der Waals surface area contributed by atoms with Gasteiger partial charge in [0.1, 0.15) is 11.9 Å². The maximum Gasteiger partial charge on any atom is 0.221 e. The van der Waals surface area contributed by atoms with Crippen molar-refractivity contribution in [1.82, 2.24) is 15.3 Å². The zero-order valence-electron chi connectivity index (χ0n) is 12.4. The summed E-state index contributed by atoms with van der Waals surface area (Å²) in [6, 6.07) is 7.69. The van der Waals surface area contributed by atoms with E-state index in [4.69, 9.17) is 5.26 Å². The van der Waals surface area contributed by atoms with Gasteiger partial charge in [-0.05, 0) is 25.0 Å². The molecule has 1 atom stereocenters. The molecule has 2 N–H and O–H groups in total. The molecular formula is C16H20N4O. The third kappa shape index (κ3) is 3.82. The summed E-state index contributed by atoms with van der Waals surface area (Å²) in [6.07, 6.45) is 2.44. The van der Waals surface area contributed by atoms with E-state index in [0.717, 1.165) is 28.8 Å². The lowest BCUT2D eigenvalue weighted by Crippen LogP contribution is -2.33. The van der Waals surface area contributed by atoms with Gasteiger partial charge in [0.05, 0.1) is 17.1 Å². The third-order valence-corrected chi connectivity index (χ3v) is 3.42. The van der Waals surface area contributed by atoms with Crippen LogP contribution in [0.3, 0.4) is 0 Å². The van der Waals surface area contributed by atoms with Crippen LogP contribution in [0.2, 0.25) is 0 Å². The van der Waals surface area contributed by atoms with Crippen molar-refractivity contribution in [2.45, 2.75) is 45.6 Å². The lowest BCUT2D eigenvalue weighted by molar-refractivity contribution is -0.121. The minimum absolute atomic E-state index is 0.104. The van der Waals surface area contributed by atoms with Gasteiger partial charge in [-0.3, -0.25) is 4.79 Å². The number of benzene rings is 1. The van der Waals surface area contributed by atoms with E-state index in [-0.39, 0.29) is 11.9 Å². The Balaban J connectivity index is 1.94. The molecule has 1 aromatic carbocycles. The number of rotatable bonds is 6. The van der Waals surface area contributed by atoms with Crippen LogP contribution in [0.4, 0.5) is 0 Å². The Hall–Kier alpha value is -2.35. The van der Waals surface area contributed by atoms with Crippen molar-refractivity contribution >= 4 is 16.9 Å². The molecule has 5 nitrogen and oxygen atoms in total. The first-order chi connectivity index (χ1) is 10.1. The number of amides is 1. The molecule has 1 heterocycles. The van der Waals surface area contributed by atoms with E-state index >= 15 is 0 Å². The maximum atomic E-state index is 11.8. The fourth-order valence-corrected chi connectivity index (χ4v) is 2.30. The lowest BCUT2D eigenvalue weighted by Gasteiger charge is -2.09. The van der Waals surface area contributed by atoms with Gasteiger partial charge in [-0.1, -0.05) is 25.5 Å². The van der Waals surface area contributed by atoms with Crippen LogP contribution >= 0.6 is 0 Å². The average molecular weight is 284 g/mol. The molecule has 1 aromatic heterocycles. The van der Waals surface area contributed by atoms with Crippen LogP contribution in [0, 0.1) is 18.3 Å². The molecule has 0 bridgehead atoms. The fraction of sp³-hybridized carbons (Fsp3) is 0.438. The summed E-state index contributed by atoms with van der Waals surface area (Å²) in [4.78, 5) is 19.6. The molecule has 0 spiro atoms. The quantitative estimate of drug-likeness (QED) is 0.855. The molecule has 0 aliphatic rings. The molecule has 0 unspecified atom stereocenters. The lowest BCUT2D eigenvalue weighted by atomic mass is 10.2. The summed E-state index contributed by atoms with van der Waals surface area (Å²) in [5, 5.41) is 11.7. The van der Waals surface area contributed by atoms with Crippen molar-refractivity contribution in [3.63, 3.8) is 0 Å². The predicted molar refractivity (Wildman–Crippen MR) is 81.6 cm³/mol. The van der Waals surface area contributed by atoms with Crippen molar-refractivity contribution in [1.29, 1.82) is 5.26 Å². The number of carbonyl (C=O) groups is 1. The monoisotopic (exact) mass is 284 g/mol. The molecule has 0 aliphatic carbocycles. The van der Waals surface area contributed by atoms with Crippen LogP contribution in [0.15, 0.2) is 18.2 Å². The van der Waals surface area contributed by atoms with Gasteiger partial charge < -0.3 is 10.3 Å². The zero-order valence-corrected chi connectivity index (χ0v) is 12.4. The van der Waals surface area contributed by atoms with Gasteiger partial charge in [-0.25, -0.2) is 4.98 Å². The maximum absolute atomic E-state index is 11.8. The first kappa shape index (κ1) is 15.0. The second-order valence-electron chi connectivity index (χ2n) is 5.19. The molecule has 0 fully saturated rings. The van der Waals surface area contributed by atoms with E-state index in [1.165, 1.54) is 0 Å². The van der Waals surface area contributed by atoms with E-state index < -0.39 is 0 Å². The molecule has 5 heteroatoms. The minimum Gasteiger partial charge on any atom is -0.342 e. The molecule has 21 heavy (non-hydrogen) atoms.